The maximum Gasteiger partial charge on any atom is 0.487 e. The zero-order chi connectivity index (χ0) is 24.3. The third-order valence-corrected chi connectivity index (χ3v) is 5.21. The number of anilines is 2. The Labute approximate surface area is 197 Å². The number of pyridine rings is 2. The fourth-order valence-corrected chi connectivity index (χ4v) is 3.73. The molecule has 3 heterocycles. The topological polar surface area (TPSA) is 91.1 Å². The normalized spacial score (nSPS) is 13.4. The molecule has 1 saturated heterocycles. The molecule has 34 heavy (non-hydrogen) atoms. The van der Waals surface area contributed by atoms with Crippen molar-refractivity contribution in [2.75, 3.05) is 23.3 Å². The SMILES string of the molecule is N#Cc1ncc(F)cc1-c1cc(C(=O)Nc2ccc(OC(F)(F)Cl)cc2)cnc1N1CCCC1. The number of rotatable bonds is 6. The molecule has 1 N–H and O–H groups in total. The lowest BCUT2D eigenvalue weighted by Crippen LogP contribution is -2.21. The van der Waals surface area contributed by atoms with Crippen LogP contribution in [-0.4, -0.2) is 34.5 Å². The zero-order valence-corrected chi connectivity index (χ0v) is 18.3. The van der Waals surface area contributed by atoms with Crippen LogP contribution < -0.4 is 15.0 Å². The molecule has 0 saturated carbocycles. The van der Waals surface area contributed by atoms with E-state index in [0.717, 1.165) is 32.1 Å². The van der Waals surface area contributed by atoms with Crippen molar-refractivity contribution >= 4 is 29.0 Å². The summed E-state index contributed by atoms with van der Waals surface area (Å²) in [5.41, 5.74) is -2.74. The van der Waals surface area contributed by atoms with Crippen molar-refractivity contribution in [1.29, 1.82) is 5.26 Å². The fourth-order valence-electron chi connectivity index (χ4n) is 3.64. The van der Waals surface area contributed by atoms with E-state index in [1.54, 1.807) is 0 Å². The number of hydrogen-bond donors (Lipinski definition) is 1. The first kappa shape index (κ1) is 23.3. The van der Waals surface area contributed by atoms with Crippen LogP contribution in [0.2, 0.25) is 0 Å². The molecule has 4 rings (SSSR count). The number of hydrogen-bond acceptors (Lipinski definition) is 6. The molecule has 0 atom stereocenters. The summed E-state index contributed by atoms with van der Waals surface area (Å²) >= 11 is 4.74. The van der Waals surface area contributed by atoms with Crippen molar-refractivity contribution in [2.24, 2.45) is 0 Å². The largest absolute Gasteiger partial charge is 0.487 e. The molecule has 7 nitrogen and oxygen atoms in total. The molecule has 1 aliphatic heterocycles. The van der Waals surface area contributed by atoms with E-state index in [1.807, 2.05) is 11.0 Å². The smallest absolute Gasteiger partial charge is 0.420 e. The van der Waals surface area contributed by atoms with Crippen LogP contribution in [0.1, 0.15) is 28.9 Å². The third kappa shape index (κ3) is 5.38. The van der Waals surface area contributed by atoms with Crippen LogP contribution in [0.25, 0.3) is 11.1 Å². The van der Waals surface area contributed by atoms with Gasteiger partial charge < -0.3 is 15.0 Å². The molecule has 11 heteroatoms. The standard InChI is InChI=1S/C23H17ClF3N5O2/c24-23(26,27)34-17-5-3-16(4-6-17)31-22(33)14-9-19(18-10-15(25)13-29-20(18)11-28)21(30-12-14)32-7-1-2-8-32/h3-6,9-10,12-13H,1-2,7-8H2,(H,31,33). The summed E-state index contributed by atoms with van der Waals surface area (Å²) in [5, 5.41) is 12.1. The van der Waals surface area contributed by atoms with Gasteiger partial charge in [-0.15, -0.1) is 8.78 Å². The lowest BCUT2D eigenvalue weighted by atomic mass is 10.0. The Morgan fingerprint density at radius 1 is 1.12 bits per heavy atom. The monoisotopic (exact) mass is 487 g/mol. The Morgan fingerprint density at radius 3 is 2.47 bits per heavy atom. The highest BCUT2D eigenvalue weighted by Gasteiger charge is 2.27. The Kier molecular flexibility index (Phi) is 6.56. The highest BCUT2D eigenvalue weighted by molar-refractivity contribution is 6.20. The number of benzene rings is 1. The van der Waals surface area contributed by atoms with Gasteiger partial charge in [0.15, 0.2) is 0 Å². The number of amides is 1. The molecule has 0 spiro atoms. The van der Waals surface area contributed by atoms with Crippen LogP contribution >= 0.6 is 11.6 Å². The predicted molar refractivity (Wildman–Crippen MR) is 119 cm³/mol. The second-order valence-corrected chi connectivity index (χ2v) is 7.92. The van der Waals surface area contributed by atoms with Gasteiger partial charge in [0, 0.05) is 47.7 Å². The average Bonchev–Trinajstić information content (AvgIpc) is 3.34. The van der Waals surface area contributed by atoms with E-state index in [4.69, 9.17) is 11.6 Å². The molecule has 0 bridgehead atoms. The summed E-state index contributed by atoms with van der Waals surface area (Å²) < 4.78 is 43.8. The second-order valence-electron chi connectivity index (χ2n) is 7.48. The molecular formula is C23H17ClF3N5O2. The van der Waals surface area contributed by atoms with Crippen LogP contribution in [0.4, 0.5) is 24.7 Å². The number of ether oxygens (including phenoxy) is 1. The van der Waals surface area contributed by atoms with Gasteiger partial charge in [0.05, 0.1) is 11.8 Å². The molecule has 1 amide bonds. The van der Waals surface area contributed by atoms with Gasteiger partial charge in [-0.3, -0.25) is 4.79 Å². The molecule has 1 aromatic carbocycles. The van der Waals surface area contributed by atoms with Crippen molar-refractivity contribution in [3.05, 3.63) is 65.9 Å². The molecule has 0 radical (unpaired) electrons. The number of nitrogens with one attached hydrogen (secondary N) is 1. The Balaban J connectivity index is 1.65. The summed E-state index contributed by atoms with van der Waals surface area (Å²) in [6.45, 7) is 1.48. The van der Waals surface area contributed by atoms with Crippen molar-refractivity contribution < 1.29 is 22.7 Å². The van der Waals surface area contributed by atoms with E-state index in [0.29, 0.717) is 17.1 Å². The quantitative estimate of drug-likeness (QED) is 0.482. The van der Waals surface area contributed by atoms with E-state index in [1.165, 1.54) is 42.6 Å². The summed E-state index contributed by atoms with van der Waals surface area (Å²) in [7, 11) is 0. The lowest BCUT2D eigenvalue weighted by molar-refractivity contribution is -0.0964. The average molecular weight is 488 g/mol. The Morgan fingerprint density at radius 2 is 1.82 bits per heavy atom. The van der Waals surface area contributed by atoms with Crippen LogP contribution in [0, 0.1) is 17.1 Å². The predicted octanol–water partition coefficient (Wildman–Crippen LogP) is 5.17. The minimum Gasteiger partial charge on any atom is -0.420 e. The Hall–Kier alpha value is -3.84. The molecule has 3 aromatic rings. The van der Waals surface area contributed by atoms with Crippen molar-refractivity contribution in [3.8, 4) is 22.9 Å². The Bertz CT molecular complexity index is 1250. The molecule has 0 unspecified atom stereocenters. The minimum absolute atomic E-state index is 0.00730. The van der Waals surface area contributed by atoms with Gasteiger partial charge in [0.25, 0.3) is 5.91 Å². The van der Waals surface area contributed by atoms with E-state index >= 15 is 0 Å². The van der Waals surface area contributed by atoms with Gasteiger partial charge in [0.2, 0.25) is 0 Å². The van der Waals surface area contributed by atoms with Gasteiger partial charge in [-0.25, -0.2) is 14.4 Å². The molecule has 1 aliphatic rings. The summed E-state index contributed by atoms with van der Waals surface area (Å²) in [5.74, 6) is -0.817. The molecule has 2 aromatic heterocycles. The van der Waals surface area contributed by atoms with Crippen molar-refractivity contribution in [3.63, 3.8) is 0 Å². The second kappa shape index (κ2) is 9.57. The fraction of sp³-hybridized carbons (Fsp3) is 0.217. The summed E-state index contributed by atoms with van der Waals surface area (Å²) in [4.78, 5) is 23.2. The third-order valence-electron chi connectivity index (χ3n) is 5.13. The number of aromatic nitrogens is 2. The van der Waals surface area contributed by atoms with E-state index in [2.05, 4.69) is 20.0 Å². The van der Waals surface area contributed by atoms with Crippen molar-refractivity contribution in [2.45, 2.75) is 18.4 Å². The number of nitriles is 1. The number of nitrogens with zero attached hydrogens (tertiary/aromatic N) is 4. The maximum atomic E-state index is 14.0. The molecule has 174 valence electrons. The van der Waals surface area contributed by atoms with E-state index < -0.39 is 17.3 Å². The van der Waals surface area contributed by atoms with Gasteiger partial charge in [-0.1, -0.05) is 0 Å². The minimum atomic E-state index is -3.85. The lowest BCUT2D eigenvalue weighted by Gasteiger charge is -2.21. The van der Waals surface area contributed by atoms with Gasteiger partial charge in [-0.05, 0) is 49.2 Å². The van der Waals surface area contributed by atoms with Crippen LogP contribution in [-0.2, 0) is 0 Å². The first-order valence-corrected chi connectivity index (χ1v) is 10.6. The first-order valence-electron chi connectivity index (χ1n) is 10.2. The van der Waals surface area contributed by atoms with Crippen LogP contribution in [0.3, 0.4) is 0 Å². The number of alkyl halides is 3. The molecule has 0 aliphatic carbocycles. The van der Waals surface area contributed by atoms with E-state index in [9.17, 15) is 23.2 Å². The maximum absolute atomic E-state index is 14.0. The van der Waals surface area contributed by atoms with Crippen LogP contribution in [0.15, 0.2) is 48.8 Å². The molecule has 1 fully saturated rings. The number of carbonyl (C=O) groups excluding carboxylic acids is 1. The summed E-state index contributed by atoms with van der Waals surface area (Å²) in [6.07, 6.45) is 4.27. The number of carbonyl (C=O) groups is 1. The highest BCUT2D eigenvalue weighted by Crippen LogP contribution is 2.34. The zero-order valence-electron chi connectivity index (χ0n) is 17.6. The molecular weight excluding hydrogens is 471 g/mol. The van der Waals surface area contributed by atoms with Gasteiger partial charge in [0.1, 0.15) is 29.1 Å². The highest BCUT2D eigenvalue weighted by atomic mass is 35.5. The van der Waals surface area contributed by atoms with E-state index in [-0.39, 0.29) is 22.6 Å². The van der Waals surface area contributed by atoms with Gasteiger partial charge in [-0.2, -0.15) is 5.26 Å². The number of halogens is 4. The van der Waals surface area contributed by atoms with Crippen molar-refractivity contribution in [1.82, 2.24) is 9.97 Å². The summed E-state index contributed by atoms with van der Waals surface area (Å²) in [6, 6.07) is 9.85. The van der Waals surface area contributed by atoms with Crippen LogP contribution in [0.5, 0.6) is 5.75 Å². The first-order chi connectivity index (χ1) is 16.2. The van der Waals surface area contributed by atoms with Gasteiger partial charge >= 0.3 is 5.57 Å².